The summed E-state index contributed by atoms with van der Waals surface area (Å²) in [6, 6.07) is 23.6. The van der Waals surface area contributed by atoms with Crippen molar-refractivity contribution >= 4 is 35.5 Å². The summed E-state index contributed by atoms with van der Waals surface area (Å²) < 4.78 is 6.21. The molecule has 0 fully saturated rings. The van der Waals surface area contributed by atoms with Crippen molar-refractivity contribution in [2.24, 2.45) is 0 Å². The number of para-hydroxylation sites is 4. The molecule has 112 valence electrons. The molecule has 0 bridgehead atoms. The van der Waals surface area contributed by atoms with E-state index in [1.807, 2.05) is 12.1 Å². The van der Waals surface area contributed by atoms with Crippen LogP contribution in [0, 0.1) is 0 Å². The highest BCUT2D eigenvalue weighted by Gasteiger charge is 2.42. The van der Waals surface area contributed by atoms with Gasteiger partial charge in [0.15, 0.2) is 11.5 Å². The third kappa shape index (κ3) is 1.57. The van der Waals surface area contributed by atoms with Crippen LogP contribution in [0.1, 0.15) is 0 Å². The molecule has 3 heteroatoms. The Bertz CT molecular complexity index is 948. The minimum Gasteiger partial charge on any atom is -0.453 e. The Hall–Kier alpha value is -2.52. The topological polar surface area (TPSA) is 12.5 Å². The first-order valence-electron chi connectivity index (χ1n) is 7.98. The van der Waals surface area contributed by atoms with Crippen molar-refractivity contribution < 1.29 is 4.74 Å². The average molecular weight is 315 g/mol. The molecular formula is C20H17NOSi. The second-order valence-corrected chi connectivity index (χ2v) is 11.0. The molecule has 0 saturated carbocycles. The van der Waals surface area contributed by atoms with Crippen LogP contribution >= 0.6 is 0 Å². The normalized spacial score (nSPS) is 16.0. The van der Waals surface area contributed by atoms with Gasteiger partial charge >= 0.3 is 0 Å². The fraction of sp³-hybridized carbons (Fsp3) is 0.100. The molecule has 0 aliphatic carbocycles. The number of ether oxygens (including phenoxy) is 1. The van der Waals surface area contributed by atoms with Crippen molar-refractivity contribution in [3.05, 3.63) is 66.7 Å². The molecule has 3 aromatic rings. The third-order valence-corrected chi connectivity index (χ3v) is 8.56. The lowest BCUT2D eigenvalue weighted by Gasteiger charge is -2.43. The Morgan fingerprint density at radius 3 is 2.22 bits per heavy atom. The summed E-state index contributed by atoms with van der Waals surface area (Å²) in [5.74, 6) is 1.89. The molecule has 5 rings (SSSR count). The lowest BCUT2D eigenvalue weighted by Crippen LogP contribution is -2.58. The summed E-state index contributed by atoms with van der Waals surface area (Å²) in [5, 5.41) is 2.93. The van der Waals surface area contributed by atoms with Crippen molar-refractivity contribution in [2.45, 2.75) is 13.1 Å². The summed E-state index contributed by atoms with van der Waals surface area (Å²) in [6.07, 6.45) is 0. The molecule has 2 aliphatic heterocycles. The Labute approximate surface area is 137 Å². The molecule has 2 heterocycles. The van der Waals surface area contributed by atoms with Crippen LogP contribution in [0.3, 0.4) is 0 Å². The van der Waals surface area contributed by atoms with Gasteiger partial charge in [0.05, 0.1) is 11.4 Å². The van der Waals surface area contributed by atoms with E-state index in [1.165, 1.54) is 21.7 Å². The largest absolute Gasteiger partial charge is 0.453 e. The van der Waals surface area contributed by atoms with E-state index in [0.29, 0.717) is 0 Å². The Balaban J connectivity index is 1.92. The van der Waals surface area contributed by atoms with Crippen LogP contribution < -0.4 is 20.0 Å². The predicted octanol–water partition coefficient (Wildman–Crippen LogP) is 4.40. The van der Waals surface area contributed by atoms with Crippen LogP contribution in [0.2, 0.25) is 13.1 Å². The second kappa shape index (κ2) is 4.27. The van der Waals surface area contributed by atoms with Gasteiger partial charge in [-0.15, -0.1) is 0 Å². The van der Waals surface area contributed by atoms with Gasteiger partial charge in [-0.2, -0.15) is 0 Å². The van der Waals surface area contributed by atoms with Crippen LogP contribution in [0.15, 0.2) is 66.7 Å². The molecule has 0 amide bonds. The van der Waals surface area contributed by atoms with Gasteiger partial charge in [0.25, 0.3) is 0 Å². The average Bonchev–Trinajstić information content (AvgIpc) is 2.58. The van der Waals surface area contributed by atoms with E-state index in [2.05, 4.69) is 72.6 Å². The van der Waals surface area contributed by atoms with Crippen LogP contribution in [0.5, 0.6) is 11.5 Å². The van der Waals surface area contributed by atoms with Gasteiger partial charge in [-0.25, -0.2) is 0 Å². The van der Waals surface area contributed by atoms with E-state index in [9.17, 15) is 0 Å². The minimum absolute atomic E-state index is 0.924. The molecule has 0 aromatic heterocycles. The van der Waals surface area contributed by atoms with Gasteiger partial charge in [0.1, 0.15) is 8.07 Å². The first kappa shape index (κ1) is 13.0. The molecule has 3 aromatic carbocycles. The number of nitrogens with zero attached hydrogens (tertiary/aromatic N) is 1. The van der Waals surface area contributed by atoms with Crippen LogP contribution in [0.25, 0.3) is 0 Å². The first-order chi connectivity index (χ1) is 11.2. The van der Waals surface area contributed by atoms with Crippen molar-refractivity contribution in [2.75, 3.05) is 4.90 Å². The Morgan fingerprint density at radius 2 is 1.35 bits per heavy atom. The molecule has 0 N–H and O–H groups in total. The summed E-state index contributed by atoms with van der Waals surface area (Å²) in [5.41, 5.74) is 3.67. The first-order valence-corrected chi connectivity index (χ1v) is 11.0. The van der Waals surface area contributed by atoms with Crippen LogP contribution in [0.4, 0.5) is 17.1 Å². The van der Waals surface area contributed by atoms with Gasteiger partial charge in [-0.05, 0) is 34.6 Å². The quantitative estimate of drug-likeness (QED) is 0.446. The van der Waals surface area contributed by atoms with E-state index in [4.69, 9.17) is 4.74 Å². The van der Waals surface area contributed by atoms with Crippen molar-refractivity contribution in [3.8, 4) is 11.5 Å². The molecule has 0 unspecified atom stereocenters. The molecule has 0 spiro atoms. The van der Waals surface area contributed by atoms with E-state index < -0.39 is 8.07 Å². The zero-order chi connectivity index (χ0) is 15.6. The maximum Gasteiger partial charge on any atom is 0.151 e. The van der Waals surface area contributed by atoms with Gasteiger partial charge in [-0.3, -0.25) is 0 Å². The van der Waals surface area contributed by atoms with E-state index >= 15 is 0 Å². The van der Waals surface area contributed by atoms with Gasteiger partial charge in [0, 0.05) is 5.69 Å². The molecule has 0 saturated heterocycles. The maximum absolute atomic E-state index is 6.21. The third-order valence-electron chi connectivity index (χ3n) is 5.04. The standard InChI is InChI=1S/C20H17NOSi/c1-23(2)18-12-6-4-9-15(18)21-14-8-3-5-10-16(14)22-17-11-7-13-19(23)20(17)21/h3-13H,1-2H3. The minimum atomic E-state index is -1.73. The molecule has 0 atom stereocenters. The van der Waals surface area contributed by atoms with Gasteiger partial charge < -0.3 is 9.64 Å². The molecule has 23 heavy (non-hydrogen) atoms. The number of benzene rings is 3. The van der Waals surface area contributed by atoms with Crippen LogP contribution in [-0.4, -0.2) is 8.07 Å². The molecule has 2 aliphatic rings. The summed E-state index contributed by atoms with van der Waals surface area (Å²) in [7, 11) is -1.73. The summed E-state index contributed by atoms with van der Waals surface area (Å²) >= 11 is 0. The van der Waals surface area contributed by atoms with Crippen LogP contribution in [-0.2, 0) is 0 Å². The van der Waals surface area contributed by atoms with E-state index in [0.717, 1.165) is 17.2 Å². The smallest absolute Gasteiger partial charge is 0.151 e. The highest BCUT2D eigenvalue weighted by Crippen LogP contribution is 2.51. The number of anilines is 3. The number of rotatable bonds is 0. The molecular weight excluding hydrogens is 298 g/mol. The highest BCUT2D eigenvalue weighted by atomic mass is 28.3. The summed E-state index contributed by atoms with van der Waals surface area (Å²) in [6.45, 7) is 4.86. The Morgan fingerprint density at radius 1 is 0.696 bits per heavy atom. The number of fused-ring (bicyclic) bond motifs is 4. The zero-order valence-electron chi connectivity index (χ0n) is 13.2. The Kier molecular flexibility index (Phi) is 2.41. The molecule has 0 radical (unpaired) electrons. The SMILES string of the molecule is C[Si]1(C)c2ccccc2N2c3ccccc3Oc3cccc1c32. The molecule has 2 nitrogen and oxygen atoms in total. The lowest BCUT2D eigenvalue weighted by atomic mass is 10.1. The number of hydrogen-bond acceptors (Lipinski definition) is 2. The lowest BCUT2D eigenvalue weighted by molar-refractivity contribution is 0.477. The van der Waals surface area contributed by atoms with Gasteiger partial charge in [0.2, 0.25) is 0 Å². The zero-order valence-corrected chi connectivity index (χ0v) is 14.2. The fourth-order valence-corrected chi connectivity index (χ4v) is 6.88. The summed E-state index contributed by atoms with van der Waals surface area (Å²) in [4.78, 5) is 2.39. The van der Waals surface area contributed by atoms with Crippen molar-refractivity contribution in [1.82, 2.24) is 0 Å². The van der Waals surface area contributed by atoms with E-state index in [-0.39, 0.29) is 0 Å². The predicted molar refractivity (Wildman–Crippen MR) is 97.9 cm³/mol. The fourth-order valence-electron chi connectivity index (χ4n) is 3.90. The van der Waals surface area contributed by atoms with Gasteiger partial charge in [-0.1, -0.05) is 55.6 Å². The van der Waals surface area contributed by atoms with E-state index in [1.54, 1.807) is 0 Å². The van der Waals surface area contributed by atoms with Crippen molar-refractivity contribution in [1.29, 1.82) is 0 Å². The maximum atomic E-state index is 6.21. The highest BCUT2D eigenvalue weighted by molar-refractivity contribution is 7.02. The second-order valence-electron chi connectivity index (χ2n) is 6.70. The number of hydrogen-bond donors (Lipinski definition) is 0. The monoisotopic (exact) mass is 315 g/mol. The van der Waals surface area contributed by atoms with Crippen molar-refractivity contribution in [3.63, 3.8) is 0 Å².